The molecule has 0 spiro atoms. The van der Waals surface area contributed by atoms with E-state index in [2.05, 4.69) is 11.9 Å². The molecule has 0 heterocycles. The van der Waals surface area contributed by atoms with E-state index in [4.69, 9.17) is 9.47 Å². The van der Waals surface area contributed by atoms with E-state index in [1.54, 1.807) is 20.3 Å². The van der Waals surface area contributed by atoms with Crippen molar-refractivity contribution in [1.29, 1.82) is 0 Å². The molecule has 1 N–H and O–H groups in total. The summed E-state index contributed by atoms with van der Waals surface area (Å²) in [5.74, 6) is 1.24. The van der Waals surface area contributed by atoms with Gasteiger partial charge in [-0.25, -0.2) is 0 Å². The van der Waals surface area contributed by atoms with Gasteiger partial charge in [0.25, 0.3) is 0 Å². The van der Waals surface area contributed by atoms with E-state index in [0.29, 0.717) is 18.0 Å². The fourth-order valence-corrected chi connectivity index (χ4v) is 1.61. The third kappa shape index (κ3) is 4.21. The lowest BCUT2D eigenvalue weighted by Gasteiger charge is -2.20. The van der Waals surface area contributed by atoms with Crippen LogP contribution in [0.15, 0.2) is 30.9 Å². The van der Waals surface area contributed by atoms with Gasteiger partial charge in [0.15, 0.2) is 11.5 Å². The van der Waals surface area contributed by atoms with Gasteiger partial charge in [0, 0.05) is 25.3 Å². The highest BCUT2D eigenvalue weighted by atomic mass is 16.5. The summed E-state index contributed by atoms with van der Waals surface area (Å²) in [6.45, 7) is 4.29. The monoisotopic (exact) mass is 264 g/mol. The molecule has 0 bridgehead atoms. The van der Waals surface area contributed by atoms with Crippen molar-refractivity contribution >= 4 is 11.6 Å². The zero-order chi connectivity index (χ0) is 14.3. The molecule has 104 valence electrons. The molecule has 0 fully saturated rings. The zero-order valence-corrected chi connectivity index (χ0v) is 11.6. The van der Waals surface area contributed by atoms with Crippen molar-refractivity contribution in [3.63, 3.8) is 0 Å². The minimum absolute atomic E-state index is 0.0582. The maximum atomic E-state index is 11.6. The fourth-order valence-electron chi connectivity index (χ4n) is 1.61. The SMILES string of the molecule is C=CCNC(=O)CN(C)c1ccc(OC)c(OC)c1. The van der Waals surface area contributed by atoms with E-state index in [1.165, 1.54) is 0 Å². The lowest BCUT2D eigenvalue weighted by atomic mass is 10.2. The van der Waals surface area contributed by atoms with Crippen molar-refractivity contribution in [1.82, 2.24) is 5.32 Å². The Morgan fingerprint density at radius 3 is 2.63 bits per heavy atom. The molecule has 0 aromatic heterocycles. The second-order valence-corrected chi connectivity index (χ2v) is 3.99. The number of nitrogens with zero attached hydrogens (tertiary/aromatic N) is 1. The highest BCUT2D eigenvalue weighted by Crippen LogP contribution is 2.30. The molecule has 19 heavy (non-hydrogen) atoms. The minimum Gasteiger partial charge on any atom is -0.493 e. The lowest BCUT2D eigenvalue weighted by Crippen LogP contribution is -2.35. The summed E-state index contributed by atoms with van der Waals surface area (Å²) in [6, 6.07) is 5.52. The Bertz CT molecular complexity index is 446. The van der Waals surface area contributed by atoms with Crippen LogP contribution in [0.25, 0.3) is 0 Å². The number of hydrogen-bond donors (Lipinski definition) is 1. The smallest absolute Gasteiger partial charge is 0.239 e. The van der Waals surface area contributed by atoms with Gasteiger partial charge in [-0.15, -0.1) is 6.58 Å². The number of anilines is 1. The van der Waals surface area contributed by atoms with Gasteiger partial charge in [-0.1, -0.05) is 6.08 Å². The van der Waals surface area contributed by atoms with E-state index in [9.17, 15) is 4.79 Å². The van der Waals surface area contributed by atoms with E-state index in [-0.39, 0.29) is 12.5 Å². The summed E-state index contributed by atoms with van der Waals surface area (Å²) >= 11 is 0. The number of amides is 1. The van der Waals surface area contributed by atoms with Crippen molar-refractivity contribution in [2.24, 2.45) is 0 Å². The first kappa shape index (κ1) is 14.9. The number of benzene rings is 1. The molecule has 1 aromatic rings. The maximum Gasteiger partial charge on any atom is 0.239 e. The molecule has 0 saturated carbocycles. The molecule has 0 aliphatic heterocycles. The normalized spacial score (nSPS) is 9.63. The van der Waals surface area contributed by atoms with Gasteiger partial charge < -0.3 is 19.7 Å². The van der Waals surface area contributed by atoms with E-state index < -0.39 is 0 Å². The summed E-state index contributed by atoms with van der Waals surface area (Å²) in [5.41, 5.74) is 0.881. The van der Waals surface area contributed by atoms with Crippen molar-refractivity contribution in [2.75, 3.05) is 39.3 Å². The van der Waals surface area contributed by atoms with Crippen LogP contribution in [0.3, 0.4) is 0 Å². The zero-order valence-electron chi connectivity index (χ0n) is 11.6. The predicted molar refractivity (Wildman–Crippen MR) is 76.0 cm³/mol. The van der Waals surface area contributed by atoms with Crippen LogP contribution in [-0.2, 0) is 4.79 Å². The maximum absolute atomic E-state index is 11.6. The lowest BCUT2D eigenvalue weighted by molar-refractivity contribution is -0.119. The Kier molecular flexibility index (Phi) is 5.73. The number of methoxy groups -OCH3 is 2. The molecule has 0 aliphatic carbocycles. The Hall–Kier alpha value is -2.17. The first-order valence-corrected chi connectivity index (χ1v) is 5.93. The second kappa shape index (κ2) is 7.31. The molecule has 0 atom stereocenters. The molecule has 0 radical (unpaired) electrons. The topological polar surface area (TPSA) is 50.8 Å². The predicted octanol–water partition coefficient (Wildman–Crippen LogP) is 1.44. The Labute approximate surface area is 113 Å². The fraction of sp³-hybridized carbons (Fsp3) is 0.357. The van der Waals surface area contributed by atoms with Crippen LogP contribution in [0.1, 0.15) is 0 Å². The van der Waals surface area contributed by atoms with Crippen LogP contribution in [-0.4, -0.2) is 40.3 Å². The summed E-state index contributed by atoms with van der Waals surface area (Å²) in [6.07, 6.45) is 1.65. The van der Waals surface area contributed by atoms with Gasteiger partial charge in [0.2, 0.25) is 5.91 Å². The van der Waals surface area contributed by atoms with Gasteiger partial charge in [-0.05, 0) is 12.1 Å². The number of carbonyl (C=O) groups is 1. The third-order valence-corrected chi connectivity index (χ3v) is 2.63. The standard InChI is InChI=1S/C14H20N2O3/c1-5-8-15-14(17)10-16(2)11-6-7-12(18-3)13(9-11)19-4/h5-7,9H,1,8,10H2,2-4H3,(H,15,17). The Morgan fingerprint density at radius 1 is 1.37 bits per heavy atom. The van der Waals surface area contributed by atoms with Crippen molar-refractivity contribution in [3.05, 3.63) is 30.9 Å². The van der Waals surface area contributed by atoms with Crippen molar-refractivity contribution in [3.8, 4) is 11.5 Å². The molecular formula is C14H20N2O3. The number of carbonyl (C=O) groups excluding carboxylic acids is 1. The quantitative estimate of drug-likeness (QED) is 0.757. The van der Waals surface area contributed by atoms with Crippen molar-refractivity contribution < 1.29 is 14.3 Å². The molecule has 5 heteroatoms. The summed E-state index contributed by atoms with van der Waals surface area (Å²) in [5, 5.41) is 2.73. The van der Waals surface area contributed by atoms with Crippen LogP contribution < -0.4 is 19.7 Å². The molecular weight excluding hydrogens is 244 g/mol. The minimum atomic E-state index is -0.0582. The van der Waals surface area contributed by atoms with Crippen LogP contribution in [0.5, 0.6) is 11.5 Å². The Morgan fingerprint density at radius 2 is 2.05 bits per heavy atom. The van der Waals surface area contributed by atoms with E-state index in [0.717, 1.165) is 5.69 Å². The number of ether oxygens (including phenoxy) is 2. The third-order valence-electron chi connectivity index (χ3n) is 2.63. The van der Waals surface area contributed by atoms with Gasteiger partial charge in [-0.2, -0.15) is 0 Å². The van der Waals surface area contributed by atoms with E-state index >= 15 is 0 Å². The average Bonchev–Trinajstić information content (AvgIpc) is 2.44. The average molecular weight is 264 g/mol. The summed E-state index contributed by atoms with van der Waals surface area (Å²) in [4.78, 5) is 13.4. The number of hydrogen-bond acceptors (Lipinski definition) is 4. The number of likely N-dealkylation sites (N-methyl/N-ethyl adjacent to an activating group) is 1. The van der Waals surface area contributed by atoms with Crippen LogP contribution in [0.2, 0.25) is 0 Å². The van der Waals surface area contributed by atoms with Gasteiger partial charge >= 0.3 is 0 Å². The highest BCUT2D eigenvalue weighted by Gasteiger charge is 2.10. The molecule has 0 unspecified atom stereocenters. The largest absolute Gasteiger partial charge is 0.493 e. The van der Waals surface area contributed by atoms with Crippen LogP contribution >= 0.6 is 0 Å². The van der Waals surface area contributed by atoms with Crippen molar-refractivity contribution in [2.45, 2.75) is 0 Å². The molecule has 1 aromatic carbocycles. The summed E-state index contributed by atoms with van der Waals surface area (Å²) < 4.78 is 10.4. The molecule has 0 aliphatic rings. The number of rotatable bonds is 7. The molecule has 1 rings (SSSR count). The number of nitrogens with one attached hydrogen (secondary N) is 1. The Balaban J connectivity index is 2.73. The highest BCUT2D eigenvalue weighted by molar-refractivity contribution is 5.81. The van der Waals surface area contributed by atoms with Gasteiger partial charge in [0.1, 0.15) is 0 Å². The molecule has 5 nitrogen and oxygen atoms in total. The summed E-state index contributed by atoms with van der Waals surface area (Å²) in [7, 11) is 5.01. The molecule has 0 saturated heterocycles. The first-order valence-electron chi connectivity index (χ1n) is 5.93. The van der Waals surface area contributed by atoms with Crippen LogP contribution in [0, 0.1) is 0 Å². The molecule has 1 amide bonds. The van der Waals surface area contributed by atoms with Gasteiger partial charge in [0.05, 0.1) is 20.8 Å². The van der Waals surface area contributed by atoms with Gasteiger partial charge in [-0.3, -0.25) is 4.79 Å². The van der Waals surface area contributed by atoms with E-state index in [1.807, 2.05) is 30.1 Å². The first-order chi connectivity index (χ1) is 9.12. The van der Waals surface area contributed by atoms with Crippen LogP contribution in [0.4, 0.5) is 5.69 Å². The second-order valence-electron chi connectivity index (χ2n) is 3.99.